The SMILES string of the molecule is Cc1cc(C)c(-c2c([SiH3])cccc2CCl)cc1C. The van der Waals surface area contributed by atoms with Gasteiger partial charge in [0.25, 0.3) is 0 Å². The number of halogens is 1. The van der Waals surface area contributed by atoms with E-state index in [9.17, 15) is 0 Å². The van der Waals surface area contributed by atoms with Crippen LogP contribution >= 0.6 is 11.6 Å². The quantitative estimate of drug-likeness (QED) is 0.583. The molecule has 2 rings (SSSR count). The fraction of sp³-hybridized carbons (Fsp3) is 0.250. The molecule has 0 bridgehead atoms. The number of alkyl halides is 1. The molecule has 0 N–H and O–H groups in total. The van der Waals surface area contributed by atoms with Gasteiger partial charge in [-0.25, -0.2) is 0 Å². The zero-order valence-electron chi connectivity index (χ0n) is 11.5. The van der Waals surface area contributed by atoms with Gasteiger partial charge < -0.3 is 0 Å². The predicted octanol–water partition coefficient (Wildman–Crippen LogP) is 3.01. The molecule has 2 aromatic carbocycles. The molecule has 0 spiro atoms. The maximum Gasteiger partial charge on any atom is 0.0480 e. The molecule has 0 saturated heterocycles. The van der Waals surface area contributed by atoms with Crippen LogP contribution in [0.3, 0.4) is 0 Å². The van der Waals surface area contributed by atoms with E-state index in [1.807, 2.05) is 0 Å². The van der Waals surface area contributed by atoms with E-state index in [0.717, 1.165) is 10.2 Å². The average molecular weight is 275 g/mol. The van der Waals surface area contributed by atoms with Gasteiger partial charge in [0.05, 0.1) is 0 Å². The lowest BCUT2D eigenvalue weighted by atomic mass is 9.93. The minimum Gasteiger partial charge on any atom is -0.122 e. The Balaban J connectivity index is 2.73. The van der Waals surface area contributed by atoms with Gasteiger partial charge in [0.1, 0.15) is 0 Å². The third-order valence-corrected chi connectivity index (χ3v) is 4.73. The zero-order valence-corrected chi connectivity index (χ0v) is 14.2. The van der Waals surface area contributed by atoms with Crippen LogP contribution in [0.1, 0.15) is 22.3 Å². The summed E-state index contributed by atoms with van der Waals surface area (Å²) in [7, 11) is 1.05. The van der Waals surface area contributed by atoms with Crippen LogP contribution in [0.4, 0.5) is 0 Å². The Hall–Kier alpha value is -1.05. The number of hydrogen-bond acceptors (Lipinski definition) is 0. The van der Waals surface area contributed by atoms with Crippen LogP contribution in [-0.4, -0.2) is 10.2 Å². The molecule has 0 fully saturated rings. The lowest BCUT2D eigenvalue weighted by molar-refractivity contribution is 1.29. The molecule has 94 valence electrons. The summed E-state index contributed by atoms with van der Waals surface area (Å²) in [5.41, 5.74) is 8.00. The van der Waals surface area contributed by atoms with E-state index < -0.39 is 0 Å². The molecular weight excluding hydrogens is 256 g/mol. The summed E-state index contributed by atoms with van der Waals surface area (Å²) < 4.78 is 0. The van der Waals surface area contributed by atoms with E-state index in [2.05, 4.69) is 51.1 Å². The molecule has 0 nitrogen and oxygen atoms in total. The van der Waals surface area contributed by atoms with Gasteiger partial charge >= 0.3 is 0 Å². The van der Waals surface area contributed by atoms with Gasteiger partial charge in [0.2, 0.25) is 0 Å². The third-order valence-electron chi connectivity index (χ3n) is 3.61. The van der Waals surface area contributed by atoms with Crippen molar-refractivity contribution < 1.29 is 0 Å². The summed E-state index contributed by atoms with van der Waals surface area (Å²) in [5, 5.41) is 1.43. The first-order valence-corrected chi connectivity index (χ1v) is 7.80. The van der Waals surface area contributed by atoms with E-state index in [1.165, 1.54) is 38.6 Å². The van der Waals surface area contributed by atoms with Gasteiger partial charge in [-0.3, -0.25) is 0 Å². The van der Waals surface area contributed by atoms with Gasteiger partial charge in [0, 0.05) is 16.1 Å². The Labute approximate surface area is 117 Å². The van der Waals surface area contributed by atoms with Gasteiger partial charge in [-0.15, -0.1) is 11.6 Å². The van der Waals surface area contributed by atoms with Gasteiger partial charge in [-0.1, -0.05) is 35.5 Å². The highest BCUT2D eigenvalue weighted by Crippen LogP contribution is 2.28. The van der Waals surface area contributed by atoms with Crippen molar-refractivity contribution in [3.63, 3.8) is 0 Å². The Morgan fingerprint density at radius 2 is 1.67 bits per heavy atom. The van der Waals surface area contributed by atoms with Crippen LogP contribution in [0.2, 0.25) is 0 Å². The second kappa shape index (κ2) is 5.29. The Bertz CT molecular complexity index is 588. The smallest absolute Gasteiger partial charge is 0.0480 e. The Morgan fingerprint density at radius 3 is 2.33 bits per heavy atom. The summed E-state index contributed by atoms with van der Waals surface area (Å²) in [6.45, 7) is 6.53. The molecule has 0 amide bonds. The van der Waals surface area contributed by atoms with Crippen molar-refractivity contribution in [2.75, 3.05) is 0 Å². The summed E-state index contributed by atoms with van der Waals surface area (Å²) >= 11 is 6.09. The Morgan fingerprint density at radius 1 is 1.00 bits per heavy atom. The molecule has 0 atom stereocenters. The number of hydrogen-bond donors (Lipinski definition) is 0. The number of aryl methyl sites for hydroxylation is 3. The number of benzene rings is 2. The molecular formula is C16H19ClSi. The molecule has 0 aromatic heterocycles. The second-order valence-electron chi connectivity index (χ2n) is 4.99. The maximum absolute atomic E-state index is 6.09. The van der Waals surface area contributed by atoms with Gasteiger partial charge in [-0.2, -0.15) is 0 Å². The van der Waals surface area contributed by atoms with Crippen molar-refractivity contribution in [1.29, 1.82) is 0 Å². The number of rotatable bonds is 2. The summed E-state index contributed by atoms with van der Waals surface area (Å²) in [6, 6.07) is 11.0. The molecule has 18 heavy (non-hydrogen) atoms. The van der Waals surface area contributed by atoms with Gasteiger partial charge in [0.15, 0.2) is 0 Å². The first kappa shape index (κ1) is 13.4. The standard InChI is InChI=1S/C16H19ClSi/c1-10-7-12(3)14(8-11(10)2)16-13(9-17)5-4-6-15(16)18/h4-8H,9H2,1-3,18H3. The minimum absolute atomic E-state index is 0.581. The van der Waals surface area contributed by atoms with Crippen molar-refractivity contribution in [1.82, 2.24) is 0 Å². The van der Waals surface area contributed by atoms with E-state index in [1.54, 1.807) is 0 Å². The lowest BCUT2D eigenvalue weighted by Gasteiger charge is -2.15. The molecule has 0 radical (unpaired) electrons. The maximum atomic E-state index is 6.09. The fourth-order valence-electron chi connectivity index (χ4n) is 2.46. The minimum atomic E-state index is 0.581. The second-order valence-corrected chi connectivity index (χ2v) is 6.34. The molecule has 0 saturated carbocycles. The highest BCUT2D eigenvalue weighted by molar-refractivity contribution is 6.36. The van der Waals surface area contributed by atoms with Crippen LogP contribution in [0.15, 0.2) is 30.3 Å². The topological polar surface area (TPSA) is 0 Å². The van der Waals surface area contributed by atoms with Crippen LogP contribution in [0, 0.1) is 20.8 Å². The van der Waals surface area contributed by atoms with E-state index in [0.29, 0.717) is 5.88 Å². The summed E-state index contributed by atoms with van der Waals surface area (Å²) in [5.74, 6) is 0.581. The normalized spacial score (nSPS) is 10.9. The average Bonchev–Trinajstić information content (AvgIpc) is 2.34. The summed E-state index contributed by atoms with van der Waals surface area (Å²) in [6.07, 6.45) is 0. The van der Waals surface area contributed by atoms with Gasteiger partial charge in [-0.05, 0) is 54.2 Å². The third kappa shape index (κ3) is 2.38. The largest absolute Gasteiger partial charge is 0.122 e. The van der Waals surface area contributed by atoms with E-state index >= 15 is 0 Å². The van der Waals surface area contributed by atoms with Crippen LogP contribution in [-0.2, 0) is 5.88 Å². The van der Waals surface area contributed by atoms with Crippen LogP contribution in [0.5, 0.6) is 0 Å². The summed E-state index contributed by atoms with van der Waals surface area (Å²) in [4.78, 5) is 0. The van der Waals surface area contributed by atoms with Crippen LogP contribution < -0.4 is 5.19 Å². The van der Waals surface area contributed by atoms with E-state index in [-0.39, 0.29) is 0 Å². The Kier molecular flexibility index (Phi) is 3.93. The van der Waals surface area contributed by atoms with Crippen LogP contribution in [0.25, 0.3) is 11.1 Å². The monoisotopic (exact) mass is 274 g/mol. The predicted molar refractivity (Wildman–Crippen MR) is 85.2 cm³/mol. The first-order valence-electron chi connectivity index (χ1n) is 6.27. The molecule has 0 aliphatic heterocycles. The zero-order chi connectivity index (χ0) is 13.3. The fourth-order valence-corrected chi connectivity index (χ4v) is 3.46. The highest BCUT2D eigenvalue weighted by Gasteiger charge is 2.11. The van der Waals surface area contributed by atoms with Crippen molar-refractivity contribution >= 4 is 27.0 Å². The molecule has 0 aliphatic carbocycles. The molecule has 0 aliphatic rings. The molecule has 0 unspecified atom stereocenters. The molecule has 0 heterocycles. The van der Waals surface area contributed by atoms with Crippen molar-refractivity contribution in [2.45, 2.75) is 26.7 Å². The van der Waals surface area contributed by atoms with E-state index in [4.69, 9.17) is 11.6 Å². The molecule has 2 aromatic rings. The van der Waals surface area contributed by atoms with Crippen molar-refractivity contribution in [3.8, 4) is 11.1 Å². The molecule has 2 heteroatoms. The highest BCUT2D eigenvalue weighted by atomic mass is 35.5. The lowest BCUT2D eigenvalue weighted by Crippen LogP contribution is -2.10. The van der Waals surface area contributed by atoms with Crippen molar-refractivity contribution in [3.05, 3.63) is 52.6 Å². The van der Waals surface area contributed by atoms with Crippen molar-refractivity contribution in [2.24, 2.45) is 0 Å². The first-order chi connectivity index (χ1) is 8.54.